The third-order valence-corrected chi connectivity index (χ3v) is 1.12. The van der Waals surface area contributed by atoms with Gasteiger partial charge in [-0.05, 0) is 6.92 Å². The molecule has 0 spiro atoms. The van der Waals surface area contributed by atoms with Crippen LogP contribution in [0, 0.1) is 0 Å². The molecular weight excluding hydrogens is 104 g/mol. The fourth-order valence-corrected chi connectivity index (χ4v) is 0.672. The summed E-state index contributed by atoms with van der Waals surface area (Å²) in [4.78, 5) is 9.97. The van der Waals surface area contributed by atoms with Crippen LogP contribution in [0.5, 0.6) is 0 Å². The van der Waals surface area contributed by atoms with E-state index < -0.39 is 0 Å². The highest BCUT2D eigenvalue weighted by Gasteiger charge is 2.07. The van der Waals surface area contributed by atoms with Crippen LogP contribution in [-0.4, -0.2) is 23.7 Å². The Morgan fingerprint density at radius 3 is 2.88 bits per heavy atom. The molecule has 0 saturated heterocycles. The fraction of sp³-hybridized carbons (Fsp3) is 0.600. The number of amides is 1. The monoisotopic (exact) mass is 112 g/mol. The minimum Gasteiger partial charge on any atom is -0.277 e. The molecule has 0 aromatic heterocycles. The molecule has 1 aliphatic heterocycles. The van der Waals surface area contributed by atoms with Crippen molar-refractivity contribution in [2.24, 2.45) is 5.10 Å². The summed E-state index contributed by atoms with van der Waals surface area (Å²) in [5.74, 6) is 0. The summed E-state index contributed by atoms with van der Waals surface area (Å²) in [5, 5.41) is 5.30. The van der Waals surface area contributed by atoms with Crippen molar-refractivity contribution < 1.29 is 4.79 Å². The Hall–Kier alpha value is -0.860. The Kier molecular flexibility index (Phi) is 1.28. The molecule has 0 atom stereocenters. The predicted molar refractivity (Wildman–Crippen MR) is 30.5 cm³/mol. The first-order chi connectivity index (χ1) is 3.83. The van der Waals surface area contributed by atoms with Crippen LogP contribution >= 0.6 is 0 Å². The molecule has 1 rings (SSSR count). The van der Waals surface area contributed by atoms with Gasteiger partial charge in [-0.15, -0.1) is 0 Å². The summed E-state index contributed by atoms with van der Waals surface area (Å²) in [5.41, 5.74) is 1.04. The van der Waals surface area contributed by atoms with Crippen molar-refractivity contribution >= 4 is 12.1 Å². The van der Waals surface area contributed by atoms with Crippen LogP contribution in [0.3, 0.4) is 0 Å². The van der Waals surface area contributed by atoms with Crippen LogP contribution in [0.25, 0.3) is 0 Å². The molecule has 0 aliphatic carbocycles. The van der Waals surface area contributed by atoms with Crippen molar-refractivity contribution in [2.75, 3.05) is 6.54 Å². The average Bonchev–Trinajstić information content (AvgIpc) is 2.14. The van der Waals surface area contributed by atoms with Gasteiger partial charge in [0.2, 0.25) is 6.41 Å². The Morgan fingerprint density at radius 1 is 1.88 bits per heavy atom. The number of carbonyl (C=O) groups is 1. The van der Waals surface area contributed by atoms with Gasteiger partial charge in [0.05, 0.1) is 0 Å². The van der Waals surface area contributed by atoms with Gasteiger partial charge in [-0.2, -0.15) is 5.10 Å². The third-order valence-electron chi connectivity index (χ3n) is 1.12. The van der Waals surface area contributed by atoms with Gasteiger partial charge in [0.25, 0.3) is 0 Å². The molecule has 3 heteroatoms. The van der Waals surface area contributed by atoms with E-state index in [0.717, 1.165) is 25.1 Å². The molecule has 0 fully saturated rings. The SMILES string of the molecule is CC1=NN(C=O)CC1. The number of hydrogen-bond donors (Lipinski definition) is 0. The zero-order valence-electron chi connectivity index (χ0n) is 4.79. The van der Waals surface area contributed by atoms with E-state index in [-0.39, 0.29) is 0 Å². The lowest BCUT2D eigenvalue weighted by Gasteiger charge is -1.98. The second kappa shape index (κ2) is 1.94. The molecule has 8 heavy (non-hydrogen) atoms. The second-order valence-electron chi connectivity index (χ2n) is 1.85. The molecule has 0 aromatic carbocycles. The zero-order chi connectivity index (χ0) is 5.98. The highest BCUT2D eigenvalue weighted by atomic mass is 16.1. The van der Waals surface area contributed by atoms with Gasteiger partial charge in [-0.3, -0.25) is 4.79 Å². The van der Waals surface area contributed by atoms with Gasteiger partial charge in [0.15, 0.2) is 0 Å². The van der Waals surface area contributed by atoms with Crippen LogP contribution in [0.1, 0.15) is 13.3 Å². The minimum absolute atomic E-state index is 0.747. The number of rotatable bonds is 1. The maximum Gasteiger partial charge on any atom is 0.229 e. The van der Waals surface area contributed by atoms with Crippen LogP contribution < -0.4 is 0 Å². The molecule has 0 radical (unpaired) electrons. The third kappa shape index (κ3) is 0.857. The molecule has 44 valence electrons. The van der Waals surface area contributed by atoms with Crippen LogP contribution in [-0.2, 0) is 4.79 Å². The van der Waals surface area contributed by atoms with Gasteiger partial charge >= 0.3 is 0 Å². The smallest absolute Gasteiger partial charge is 0.229 e. The van der Waals surface area contributed by atoms with E-state index in [1.54, 1.807) is 0 Å². The van der Waals surface area contributed by atoms with E-state index in [4.69, 9.17) is 0 Å². The quantitative estimate of drug-likeness (QED) is 0.447. The second-order valence-corrected chi connectivity index (χ2v) is 1.85. The van der Waals surface area contributed by atoms with Crippen molar-refractivity contribution in [3.05, 3.63) is 0 Å². The molecule has 1 heterocycles. The predicted octanol–water partition coefficient (Wildman–Crippen LogP) is 0.224. The van der Waals surface area contributed by atoms with Crippen molar-refractivity contribution in [1.82, 2.24) is 5.01 Å². The standard InChI is InChI=1S/C5H8N2O/c1-5-2-3-7(4-8)6-5/h4H,2-3H2,1H3. The number of carbonyl (C=O) groups excluding carboxylic acids is 1. The van der Waals surface area contributed by atoms with Crippen molar-refractivity contribution in [3.63, 3.8) is 0 Å². The molecule has 0 bridgehead atoms. The lowest BCUT2D eigenvalue weighted by molar-refractivity contribution is -0.117. The Morgan fingerprint density at radius 2 is 2.62 bits per heavy atom. The molecular formula is C5H8N2O. The molecule has 3 nitrogen and oxygen atoms in total. The summed E-state index contributed by atoms with van der Waals surface area (Å²) < 4.78 is 0. The van der Waals surface area contributed by atoms with Crippen molar-refractivity contribution in [3.8, 4) is 0 Å². The van der Waals surface area contributed by atoms with Gasteiger partial charge in [-0.1, -0.05) is 0 Å². The summed E-state index contributed by atoms with van der Waals surface area (Å²) in [6.45, 7) is 2.68. The van der Waals surface area contributed by atoms with Gasteiger partial charge < -0.3 is 0 Å². The highest BCUT2D eigenvalue weighted by Crippen LogP contribution is 2.00. The summed E-state index contributed by atoms with van der Waals surface area (Å²) in [6, 6.07) is 0. The number of hydrazone groups is 1. The molecule has 0 saturated carbocycles. The zero-order valence-corrected chi connectivity index (χ0v) is 4.79. The van der Waals surface area contributed by atoms with Crippen molar-refractivity contribution in [2.45, 2.75) is 13.3 Å². The Bertz CT molecular complexity index is 130. The fourth-order valence-electron chi connectivity index (χ4n) is 0.672. The van der Waals surface area contributed by atoms with E-state index in [2.05, 4.69) is 5.10 Å². The molecule has 0 aromatic rings. The lowest BCUT2D eigenvalue weighted by atomic mass is 10.3. The van der Waals surface area contributed by atoms with E-state index in [9.17, 15) is 4.79 Å². The maximum absolute atomic E-state index is 9.97. The Labute approximate surface area is 48.0 Å². The molecule has 0 unspecified atom stereocenters. The van der Waals surface area contributed by atoms with Gasteiger partial charge in [-0.25, -0.2) is 5.01 Å². The first-order valence-electron chi connectivity index (χ1n) is 2.59. The van der Waals surface area contributed by atoms with E-state index >= 15 is 0 Å². The lowest BCUT2D eigenvalue weighted by Crippen LogP contribution is -2.09. The summed E-state index contributed by atoms with van der Waals surface area (Å²) in [6.07, 6.45) is 1.68. The summed E-state index contributed by atoms with van der Waals surface area (Å²) >= 11 is 0. The van der Waals surface area contributed by atoms with E-state index in [1.807, 2.05) is 6.92 Å². The van der Waals surface area contributed by atoms with Gasteiger partial charge in [0.1, 0.15) is 0 Å². The van der Waals surface area contributed by atoms with Crippen LogP contribution in [0.4, 0.5) is 0 Å². The molecule has 1 aliphatic rings. The first-order valence-corrected chi connectivity index (χ1v) is 2.59. The minimum atomic E-state index is 0.747. The molecule has 0 N–H and O–H groups in total. The first kappa shape index (κ1) is 5.28. The summed E-state index contributed by atoms with van der Waals surface area (Å²) in [7, 11) is 0. The average molecular weight is 112 g/mol. The van der Waals surface area contributed by atoms with Crippen LogP contribution in [0.15, 0.2) is 5.10 Å². The van der Waals surface area contributed by atoms with E-state index in [0.29, 0.717) is 0 Å². The van der Waals surface area contributed by atoms with Gasteiger partial charge in [0, 0.05) is 18.7 Å². The largest absolute Gasteiger partial charge is 0.277 e. The highest BCUT2D eigenvalue weighted by molar-refractivity contribution is 5.84. The Balaban J connectivity index is 2.53. The van der Waals surface area contributed by atoms with E-state index in [1.165, 1.54) is 5.01 Å². The number of nitrogens with zero attached hydrogens (tertiary/aromatic N) is 2. The van der Waals surface area contributed by atoms with Crippen molar-refractivity contribution in [1.29, 1.82) is 0 Å². The number of hydrogen-bond acceptors (Lipinski definition) is 2. The van der Waals surface area contributed by atoms with Crippen LogP contribution in [0.2, 0.25) is 0 Å². The maximum atomic E-state index is 9.97. The normalized spacial score (nSPS) is 18.6. The molecule has 1 amide bonds. The topological polar surface area (TPSA) is 32.7 Å².